The van der Waals surface area contributed by atoms with Crippen LogP contribution in [-0.2, 0) is 17.5 Å². The smallest absolute Gasteiger partial charge is 0.389 e. The topological polar surface area (TPSA) is 102 Å². The molecule has 0 saturated heterocycles. The molecule has 0 bridgehead atoms. The number of nitrogens with one attached hydrogen (secondary N) is 2. The van der Waals surface area contributed by atoms with E-state index in [0.29, 0.717) is 18.5 Å². The maximum absolute atomic E-state index is 12.7. The van der Waals surface area contributed by atoms with Gasteiger partial charge in [0.2, 0.25) is 0 Å². The number of thiophene rings is 1. The molecule has 0 aliphatic heterocycles. The molecule has 2 atom stereocenters. The molecule has 3 rings (SSSR count). The van der Waals surface area contributed by atoms with Gasteiger partial charge in [-0.3, -0.25) is 10.0 Å². The second-order valence-electron chi connectivity index (χ2n) is 8.06. The molecular formula is C30H41F3N2O4S2. The Balaban J connectivity index is 0.00000250. The minimum Gasteiger partial charge on any atom is -0.389 e. The average Bonchev–Trinajstić information content (AvgIpc) is 3.44. The van der Waals surface area contributed by atoms with Crippen LogP contribution in [0, 0.1) is 0 Å². The summed E-state index contributed by atoms with van der Waals surface area (Å²) in [7, 11) is 0. The molecule has 0 spiro atoms. The van der Waals surface area contributed by atoms with Gasteiger partial charge in [0.1, 0.15) is 0 Å². The second-order valence-corrected chi connectivity index (χ2v) is 9.19. The fourth-order valence-corrected chi connectivity index (χ4v) is 4.74. The Morgan fingerprint density at radius 3 is 1.88 bits per heavy atom. The number of carbonyl (C=O) groups excluding carboxylic acids is 1. The van der Waals surface area contributed by atoms with Crippen molar-refractivity contribution < 1.29 is 32.8 Å². The van der Waals surface area contributed by atoms with Crippen LogP contribution in [0.25, 0.3) is 22.6 Å². The lowest BCUT2D eigenvalue weighted by Crippen LogP contribution is -2.42. The van der Waals surface area contributed by atoms with Crippen molar-refractivity contribution in [1.82, 2.24) is 10.8 Å². The van der Waals surface area contributed by atoms with Crippen LogP contribution in [0.3, 0.4) is 0 Å². The van der Waals surface area contributed by atoms with E-state index in [2.05, 4.69) is 18.2 Å². The van der Waals surface area contributed by atoms with Gasteiger partial charge in [-0.25, -0.2) is 5.48 Å². The lowest BCUT2D eigenvalue weighted by molar-refractivity contribution is -0.137. The Labute approximate surface area is 250 Å². The van der Waals surface area contributed by atoms with E-state index in [1.54, 1.807) is 18.5 Å². The zero-order chi connectivity index (χ0) is 31.6. The molecule has 5 N–H and O–H groups in total. The van der Waals surface area contributed by atoms with Gasteiger partial charge in [-0.15, -0.1) is 11.3 Å². The predicted molar refractivity (Wildman–Crippen MR) is 166 cm³/mol. The molecule has 0 aliphatic rings. The number of amides is 1. The lowest BCUT2D eigenvalue weighted by Gasteiger charge is -2.15. The quantitative estimate of drug-likeness (QED) is 0.0477. The maximum atomic E-state index is 12.7. The van der Waals surface area contributed by atoms with Crippen molar-refractivity contribution in [3.05, 3.63) is 81.7 Å². The largest absolute Gasteiger partial charge is 0.416 e. The first-order valence-electron chi connectivity index (χ1n) is 13.3. The van der Waals surface area contributed by atoms with Gasteiger partial charge < -0.3 is 15.0 Å². The minimum absolute atomic E-state index is 0.366. The molecule has 2 aromatic carbocycles. The molecule has 2 unspecified atom stereocenters. The number of thiol groups is 1. The zero-order valence-electron chi connectivity index (χ0n) is 24.2. The van der Waals surface area contributed by atoms with E-state index < -0.39 is 29.8 Å². The van der Waals surface area contributed by atoms with Crippen molar-refractivity contribution in [3.63, 3.8) is 0 Å². The number of carbonyl (C=O) groups is 1. The van der Waals surface area contributed by atoms with E-state index in [1.165, 1.54) is 23.5 Å². The molecule has 41 heavy (non-hydrogen) atoms. The number of alkyl halides is 3. The van der Waals surface area contributed by atoms with Crippen molar-refractivity contribution in [3.8, 4) is 10.4 Å². The summed E-state index contributed by atoms with van der Waals surface area (Å²) in [5.74, 6) is -0.511. The average molecular weight is 615 g/mol. The van der Waals surface area contributed by atoms with Crippen molar-refractivity contribution in [2.24, 2.45) is 0 Å². The second kappa shape index (κ2) is 20.2. The van der Waals surface area contributed by atoms with Crippen molar-refractivity contribution >= 4 is 42.3 Å². The van der Waals surface area contributed by atoms with Crippen LogP contribution in [-0.4, -0.2) is 26.8 Å². The third-order valence-electron chi connectivity index (χ3n) is 5.54. The molecule has 0 aliphatic carbocycles. The van der Waals surface area contributed by atoms with E-state index in [-0.39, 0.29) is 0 Å². The normalized spacial score (nSPS) is 12.1. The van der Waals surface area contributed by atoms with Crippen LogP contribution in [0.15, 0.2) is 54.6 Å². The first kappa shape index (κ1) is 38.3. The number of hydrogen-bond donors (Lipinski definition) is 6. The highest BCUT2D eigenvalue weighted by Gasteiger charge is 2.29. The maximum Gasteiger partial charge on any atom is 0.416 e. The summed E-state index contributed by atoms with van der Waals surface area (Å²) >= 11 is 4.03. The van der Waals surface area contributed by atoms with E-state index in [0.717, 1.165) is 38.6 Å². The molecule has 0 radical (unpaired) electrons. The fourth-order valence-electron chi connectivity index (χ4n) is 3.53. The summed E-state index contributed by atoms with van der Waals surface area (Å²) in [5.41, 5.74) is 4.26. The summed E-state index contributed by atoms with van der Waals surface area (Å²) in [6.07, 6.45) is -0.961. The molecule has 3 aromatic rings. The number of hydrogen-bond acceptors (Lipinski definition) is 7. The summed E-state index contributed by atoms with van der Waals surface area (Å²) in [5, 5.41) is 22.2. The number of aliphatic hydroxyl groups excluding tert-OH is 1. The van der Waals surface area contributed by atoms with Crippen LogP contribution in [0.5, 0.6) is 0 Å². The molecule has 228 valence electrons. The minimum atomic E-state index is -4.35. The highest BCUT2D eigenvalue weighted by atomic mass is 32.1. The summed E-state index contributed by atoms with van der Waals surface area (Å²) < 4.78 is 44.8. The van der Waals surface area contributed by atoms with Gasteiger partial charge in [-0.2, -0.15) is 13.2 Å². The van der Waals surface area contributed by atoms with Crippen LogP contribution >= 0.6 is 24.2 Å². The van der Waals surface area contributed by atoms with Gasteiger partial charge in [0, 0.05) is 16.3 Å². The van der Waals surface area contributed by atoms with E-state index in [4.69, 9.17) is 9.76 Å². The molecule has 1 aromatic heterocycles. The highest BCUT2D eigenvalue weighted by Crippen LogP contribution is 2.35. The molecular weight excluding hydrogens is 573 g/mol. The Hall–Kier alpha value is -2.67. The number of rotatable bonds is 9. The molecule has 0 fully saturated rings. The first-order valence-corrected chi connectivity index (χ1v) is 14.5. The van der Waals surface area contributed by atoms with Gasteiger partial charge >= 0.3 is 6.18 Å². The number of aliphatic hydroxyl groups is 1. The fraction of sp³-hybridized carbons (Fsp3) is 0.367. The third-order valence-corrected chi connectivity index (χ3v) is 6.74. The predicted octanol–water partition coefficient (Wildman–Crippen LogP) is 8.47. The van der Waals surface area contributed by atoms with Crippen LogP contribution in [0.2, 0.25) is 0 Å². The summed E-state index contributed by atoms with van der Waals surface area (Å²) in [6.45, 7) is 11.9. The Morgan fingerprint density at radius 1 is 0.976 bits per heavy atom. The third kappa shape index (κ3) is 12.4. The molecule has 0 saturated carbocycles. The molecule has 6 nitrogen and oxygen atoms in total. The number of hydroxylamine groups is 1. The van der Waals surface area contributed by atoms with E-state index >= 15 is 0 Å². The van der Waals surface area contributed by atoms with Crippen LogP contribution in [0.4, 0.5) is 13.2 Å². The van der Waals surface area contributed by atoms with Gasteiger partial charge in [0.05, 0.1) is 17.7 Å². The van der Waals surface area contributed by atoms with E-state index in [1.807, 2.05) is 71.0 Å². The molecule has 11 heteroatoms. The van der Waals surface area contributed by atoms with Gasteiger partial charge in [0.15, 0.2) is 0 Å². The number of halogens is 3. The Kier molecular flexibility index (Phi) is 18.9. The van der Waals surface area contributed by atoms with Crippen molar-refractivity contribution in [2.75, 3.05) is 0 Å². The molecule has 1 heterocycles. The Morgan fingerprint density at radius 2 is 1.46 bits per heavy atom. The van der Waals surface area contributed by atoms with E-state index in [9.17, 15) is 23.1 Å². The van der Waals surface area contributed by atoms with Crippen molar-refractivity contribution in [2.45, 2.75) is 72.8 Å². The van der Waals surface area contributed by atoms with Crippen LogP contribution in [0.1, 0.15) is 81.2 Å². The van der Waals surface area contributed by atoms with Gasteiger partial charge in [0.25, 0.3) is 5.91 Å². The van der Waals surface area contributed by atoms with Gasteiger partial charge in [-0.05, 0) is 66.7 Å². The lowest BCUT2D eigenvalue weighted by atomic mass is 10.1. The van der Waals surface area contributed by atoms with Gasteiger partial charge in [-0.1, -0.05) is 83.2 Å². The first-order chi connectivity index (χ1) is 19.6. The molecule has 1 amide bonds. The highest BCUT2D eigenvalue weighted by molar-refractivity contribution is 7.74. The monoisotopic (exact) mass is 614 g/mol. The number of benzene rings is 2. The Bertz CT molecular complexity index is 1160. The SMILES string of the molecule is CC.CC.CCC(NCc1sc(-c2ccc(/C=C/c3ccc(C(F)(F)F)cc3)cc2)cc1C(C)O)C(=O)NO.OS. The summed E-state index contributed by atoms with van der Waals surface area (Å²) in [4.78, 5) is 13.6. The summed E-state index contributed by atoms with van der Waals surface area (Å²) in [6, 6.07) is 14.1. The van der Waals surface area contributed by atoms with Crippen LogP contribution < -0.4 is 10.8 Å². The van der Waals surface area contributed by atoms with Crippen molar-refractivity contribution in [1.29, 1.82) is 0 Å². The zero-order valence-corrected chi connectivity index (χ0v) is 25.9. The standard InChI is InChI=1S/C26H27F3N2O3S.2C2H6.H2OS/c1-3-22(25(33)31-34)30-15-24-21(16(2)32)14-23(35-24)19-10-6-17(7-11-19)4-5-18-8-12-20(13-9-18)26(27,28)29;3*1-2/h4-14,16,22,30,32,34H,3,15H2,1-2H3,(H,31,33);2*1-2H3;1-2H/b5-4+;;;.